The average molecular weight is 196 g/mol. The molecule has 0 bridgehead atoms. The van der Waals surface area contributed by atoms with Gasteiger partial charge in [-0.3, -0.25) is 9.59 Å². The van der Waals surface area contributed by atoms with Gasteiger partial charge in [-0.2, -0.15) is 5.10 Å². The minimum absolute atomic E-state index is 0.259. The molecule has 14 heavy (non-hydrogen) atoms. The molecule has 0 atom stereocenters. The van der Waals surface area contributed by atoms with E-state index in [0.717, 1.165) is 0 Å². The van der Waals surface area contributed by atoms with Gasteiger partial charge < -0.3 is 11.1 Å². The van der Waals surface area contributed by atoms with E-state index in [1.807, 2.05) is 0 Å². The highest BCUT2D eigenvalue weighted by atomic mass is 16.1. The van der Waals surface area contributed by atoms with Gasteiger partial charge in [0.1, 0.15) is 0 Å². The van der Waals surface area contributed by atoms with Gasteiger partial charge in [-0.1, -0.05) is 0 Å². The molecule has 0 spiro atoms. The monoisotopic (exact) mass is 196 g/mol. The van der Waals surface area contributed by atoms with Crippen molar-refractivity contribution in [2.75, 3.05) is 11.9 Å². The van der Waals surface area contributed by atoms with Crippen LogP contribution in [-0.4, -0.2) is 22.6 Å². The van der Waals surface area contributed by atoms with Gasteiger partial charge in [0, 0.05) is 19.0 Å². The van der Waals surface area contributed by atoms with Crippen LogP contribution in [-0.2, 0) is 4.79 Å². The summed E-state index contributed by atoms with van der Waals surface area (Å²) in [7, 11) is 0. The number of carbonyl (C=O) groups is 1. The van der Waals surface area contributed by atoms with E-state index in [1.165, 1.54) is 12.3 Å². The molecule has 0 saturated carbocycles. The molecule has 0 aliphatic carbocycles. The molecule has 1 heterocycles. The predicted octanol–water partition coefficient (Wildman–Crippen LogP) is -0.553. The lowest BCUT2D eigenvalue weighted by atomic mass is 10.3. The molecule has 1 rings (SSSR count). The van der Waals surface area contributed by atoms with Crippen LogP contribution in [0.4, 0.5) is 5.69 Å². The molecule has 6 heteroatoms. The van der Waals surface area contributed by atoms with Crippen LogP contribution in [0.5, 0.6) is 0 Å². The van der Waals surface area contributed by atoms with Crippen LogP contribution >= 0.6 is 0 Å². The first kappa shape index (κ1) is 10.2. The number of aromatic nitrogens is 2. The van der Waals surface area contributed by atoms with Gasteiger partial charge in [0.15, 0.2) is 0 Å². The second-order valence-electron chi connectivity index (χ2n) is 2.83. The number of hydrogen-bond acceptors (Lipinski definition) is 4. The summed E-state index contributed by atoms with van der Waals surface area (Å²) in [5, 5.41) is 8.82. The average Bonchev–Trinajstić information content (AvgIpc) is 2.12. The number of H-pyrrole nitrogens is 1. The number of amides is 1. The quantitative estimate of drug-likeness (QED) is 0.550. The number of nitrogens with two attached hydrogens (primary N) is 1. The van der Waals surface area contributed by atoms with Crippen LogP contribution in [0.2, 0.25) is 0 Å². The van der Waals surface area contributed by atoms with Gasteiger partial charge in [0.05, 0.1) is 11.9 Å². The Labute approximate surface area is 80.5 Å². The SMILES string of the molecule is NC(=O)CCCNc1cn[nH]c(=O)c1. The Morgan fingerprint density at radius 2 is 2.43 bits per heavy atom. The summed E-state index contributed by atoms with van der Waals surface area (Å²) in [6, 6.07) is 1.40. The van der Waals surface area contributed by atoms with E-state index >= 15 is 0 Å². The van der Waals surface area contributed by atoms with Gasteiger partial charge in [0.2, 0.25) is 5.91 Å². The van der Waals surface area contributed by atoms with Crippen LogP contribution in [0.3, 0.4) is 0 Å². The van der Waals surface area contributed by atoms with Crippen LogP contribution in [0, 0.1) is 0 Å². The van der Waals surface area contributed by atoms with Crippen molar-refractivity contribution < 1.29 is 4.79 Å². The molecule has 0 fully saturated rings. The predicted molar refractivity (Wildman–Crippen MR) is 51.8 cm³/mol. The van der Waals surface area contributed by atoms with Crippen molar-refractivity contribution in [1.29, 1.82) is 0 Å². The smallest absolute Gasteiger partial charge is 0.266 e. The van der Waals surface area contributed by atoms with Gasteiger partial charge in [-0.25, -0.2) is 5.10 Å². The van der Waals surface area contributed by atoms with Crippen LogP contribution in [0.1, 0.15) is 12.8 Å². The summed E-state index contributed by atoms with van der Waals surface area (Å²) in [5.41, 5.74) is 5.34. The fraction of sp³-hybridized carbons (Fsp3) is 0.375. The van der Waals surface area contributed by atoms with Gasteiger partial charge in [-0.15, -0.1) is 0 Å². The molecule has 0 aromatic carbocycles. The fourth-order valence-electron chi connectivity index (χ4n) is 0.968. The van der Waals surface area contributed by atoms with E-state index in [0.29, 0.717) is 25.1 Å². The van der Waals surface area contributed by atoms with Crippen molar-refractivity contribution in [2.45, 2.75) is 12.8 Å². The summed E-state index contributed by atoms with van der Waals surface area (Å²) >= 11 is 0. The lowest BCUT2D eigenvalue weighted by Gasteiger charge is -2.02. The molecule has 4 N–H and O–H groups in total. The molecule has 1 aromatic rings. The summed E-state index contributed by atoms with van der Waals surface area (Å²) in [4.78, 5) is 21.2. The van der Waals surface area contributed by atoms with Crippen LogP contribution in [0.15, 0.2) is 17.1 Å². The van der Waals surface area contributed by atoms with Gasteiger partial charge in [0.25, 0.3) is 5.56 Å². The van der Waals surface area contributed by atoms with Crippen molar-refractivity contribution >= 4 is 11.6 Å². The largest absolute Gasteiger partial charge is 0.384 e. The molecule has 0 aliphatic heterocycles. The van der Waals surface area contributed by atoms with Crippen molar-refractivity contribution in [3.05, 3.63) is 22.6 Å². The zero-order valence-corrected chi connectivity index (χ0v) is 7.62. The summed E-state index contributed by atoms with van der Waals surface area (Å²) in [6.45, 7) is 0.591. The zero-order chi connectivity index (χ0) is 10.4. The minimum Gasteiger partial charge on any atom is -0.384 e. The Morgan fingerprint density at radius 1 is 1.64 bits per heavy atom. The third kappa shape index (κ3) is 3.70. The number of rotatable bonds is 5. The Kier molecular flexibility index (Phi) is 3.66. The van der Waals surface area contributed by atoms with Crippen LogP contribution in [0.25, 0.3) is 0 Å². The molecule has 0 saturated heterocycles. The maximum Gasteiger partial charge on any atom is 0.266 e. The lowest BCUT2D eigenvalue weighted by molar-refractivity contribution is -0.118. The van der Waals surface area contributed by atoms with E-state index in [4.69, 9.17) is 5.73 Å². The Morgan fingerprint density at radius 3 is 3.07 bits per heavy atom. The van der Waals surface area contributed by atoms with E-state index in [1.54, 1.807) is 0 Å². The first-order valence-electron chi connectivity index (χ1n) is 4.25. The fourth-order valence-corrected chi connectivity index (χ4v) is 0.968. The summed E-state index contributed by atoms with van der Waals surface area (Å²) < 4.78 is 0. The van der Waals surface area contributed by atoms with Gasteiger partial charge >= 0.3 is 0 Å². The Hall–Kier alpha value is -1.85. The lowest BCUT2D eigenvalue weighted by Crippen LogP contribution is -2.14. The van der Waals surface area contributed by atoms with Gasteiger partial charge in [-0.05, 0) is 6.42 Å². The Bertz CT molecular complexity index is 360. The molecule has 0 radical (unpaired) electrons. The number of hydrogen-bond donors (Lipinski definition) is 3. The van der Waals surface area contributed by atoms with Crippen molar-refractivity contribution in [3.8, 4) is 0 Å². The molecule has 1 aromatic heterocycles. The number of nitrogens with one attached hydrogen (secondary N) is 2. The second-order valence-corrected chi connectivity index (χ2v) is 2.83. The first-order valence-corrected chi connectivity index (χ1v) is 4.25. The highest BCUT2D eigenvalue weighted by Crippen LogP contribution is 1.98. The molecule has 6 nitrogen and oxygen atoms in total. The van der Waals surface area contributed by atoms with Crippen molar-refractivity contribution in [1.82, 2.24) is 10.2 Å². The number of primary amides is 1. The number of anilines is 1. The molecule has 76 valence electrons. The molecule has 0 unspecified atom stereocenters. The van der Waals surface area contributed by atoms with Crippen LogP contribution < -0.4 is 16.6 Å². The molecule has 1 amide bonds. The minimum atomic E-state index is -0.323. The molecular weight excluding hydrogens is 184 g/mol. The van der Waals surface area contributed by atoms with Crippen molar-refractivity contribution in [3.63, 3.8) is 0 Å². The zero-order valence-electron chi connectivity index (χ0n) is 7.62. The summed E-state index contributed by atoms with van der Waals surface area (Å²) in [5.74, 6) is -0.323. The standard InChI is InChI=1S/C8H12N4O2/c9-7(13)2-1-3-10-6-4-8(14)12-11-5-6/h4-5H,1-3H2,(H2,9,13)(H2,10,12,14). The number of aromatic amines is 1. The second kappa shape index (κ2) is 5.00. The third-order valence-electron chi connectivity index (χ3n) is 1.59. The third-order valence-corrected chi connectivity index (χ3v) is 1.59. The van der Waals surface area contributed by atoms with E-state index in [2.05, 4.69) is 15.5 Å². The number of carbonyl (C=O) groups excluding carboxylic acids is 1. The topological polar surface area (TPSA) is 101 Å². The van der Waals surface area contributed by atoms with E-state index in [9.17, 15) is 9.59 Å². The molecular formula is C8H12N4O2. The normalized spacial score (nSPS) is 9.71. The molecule has 0 aliphatic rings. The first-order chi connectivity index (χ1) is 6.68. The highest BCUT2D eigenvalue weighted by Gasteiger charge is 1.95. The van der Waals surface area contributed by atoms with E-state index in [-0.39, 0.29) is 11.5 Å². The van der Waals surface area contributed by atoms with Crippen molar-refractivity contribution in [2.24, 2.45) is 5.73 Å². The highest BCUT2D eigenvalue weighted by molar-refractivity contribution is 5.73. The van der Waals surface area contributed by atoms with E-state index < -0.39 is 0 Å². The number of nitrogens with zero attached hydrogens (tertiary/aromatic N) is 1. The Balaban J connectivity index is 2.31. The maximum absolute atomic E-state index is 10.8. The summed E-state index contributed by atoms with van der Waals surface area (Å²) in [6.07, 6.45) is 2.48. The maximum atomic E-state index is 10.8.